The van der Waals surface area contributed by atoms with Gasteiger partial charge in [0.15, 0.2) is 5.78 Å². The second-order valence-corrected chi connectivity index (χ2v) is 5.50. The number of methoxy groups -OCH3 is 1. The molecule has 0 heterocycles. The molecule has 3 nitrogen and oxygen atoms in total. The molecule has 22 heavy (non-hydrogen) atoms. The van der Waals surface area contributed by atoms with Gasteiger partial charge in [0.2, 0.25) is 0 Å². The zero-order valence-corrected chi connectivity index (χ0v) is 13.4. The fraction of sp³-hybridized carbons (Fsp3) is 0.316. The molecule has 2 aromatic carbocycles. The molecule has 0 aromatic heterocycles. The van der Waals surface area contributed by atoms with Crippen molar-refractivity contribution < 1.29 is 9.53 Å². The average molecular weight is 297 g/mol. The molecule has 3 heteroatoms. The molecular weight excluding hydrogens is 274 g/mol. The molecule has 0 aliphatic carbocycles. The van der Waals surface area contributed by atoms with Gasteiger partial charge in [-0.25, -0.2) is 0 Å². The standard InChI is InChI=1S/C19H23NO2/c1-14-4-8-17(9-5-14)19(21)15(2)20-13-12-16-6-10-18(22-3)11-7-16/h4-11,15,20H,12-13H2,1-3H3. The van der Waals surface area contributed by atoms with Gasteiger partial charge in [-0.2, -0.15) is 0 Å². The molecule has 0 spiro atoms. The highest BCUT2D eigenvalue weighted by molar-refractivity contribution is 5.99. The van der Waals surface area contributed by atoms with Gasteiger partial charge in [0.25, 0.3) is 0 Å². The van der Waals surface area contributed by atoms with Gasteiger partial charge in [0, 0.05) is 5.56 Å². The molecular formula is C19H23NO2. The van der Waals surface area contributed by atoms with Gasteiger partial charge in [-0.15, -0.1) is 0 Å². The number of hydrogen-bond acceptors (Lipinski definition) is 3. The summed E-state index contributed by atoms with van der Waals surface area (Å²) in [6.45, 7) is 4.70. The van der Waals surface area contributed by atoms with E-state index in [0.29, 0.717) is 0 Å². The predicted octanol–water partition coefficient (Wildman–Crippen LogP) is 3.41. The van der Waals surface area contributed by atoms with E-state index < -0.39 is 0 Å². The average Bonchev–Trinajstić information content (AvgIpc) is 2.55. The summed E-state index contributed by atoms with van der Waals surface area (Å²) < 4.78 is 5.14. The van der Waals surface area contributed by atoms with Crippen molar-refractivity contribution in [2.24, 2.45) is 0 Å². The van der Waals surface area contributed by atoms with Crippen LogP contribution in [0.15, 0.2) is 48.5 Å². The van der Waals surface area contributed by atoms with Gasteiger partial charge in [-0.05, 0) is 44.5 Å². The number of benzene rings is 2. The van der Waals surface area contributed by atoms with E-state index in [1.807, 2.05) is 62.4 Å². The highest BCUT2D eigenvalue weighted by Crippen LogP contribution is 2.11. The number of rotatable bonds is 7. The van der Waals surface area contributed by atoms with Crippen molar-refractivity contribution in [2.45, 2.75) is 26.3 Å². The van der Waals surface area contributed by atoms with Crippen LogP contribution in [0.2, 0.25) is 0 Å². The summed E-state index contributed by atoms with van der Waals surface area (Å²) in [7, 11) is 1.66. The number of aryl methyl sites for hydroxylation is 1. The predicted molar refractivity (Wildman–Crippen MR) is 89.7 cm³/mol. The lowest BCUT2D eigenvalue weighted by Gasteiger charge is -2.13. The molecule has 2 aromatic rings. The van der Waals surface area contributed by atoms with E-state index in [4.69, 9.17) is 4.74 Å². The Morgan fingerprint density at radius 1 is 1.09 bits per heavy atom. The molecule has 1 atom stereocenters. The third-order valence-electron chi connectivity index (χ3n) is 3.75. The van der Waals surface area contributed by atoms with Crippen LogP contribution in [0.5, 0.6) is 5.75 Å². The third-order valence-corrected chi connectivity index (χ3v) is 3.75. The van der Waals surface area contributed by atoms with Crippen molar-refractivity contribution >= 4 is 5.78 Å². The number of Topliss-reactive ketones (excluding diaryl/α,β-unsaturated/α-hetero) is 1. The molecule has 0 radical (unpaired) electrons. The molecule has 0 saturated heterocycles. The highest BCUT2D eigenvalue weighted by atomic mass is 16.5. The van der Waals surface area contributed by atoms with Gasteiger partial charge in [-0.1, -0.05) is 42.0 Å². The summed E-state index contributed by atoms with van der Waals surface area (Å²) in [6, 6.07) is 15.5. The topological polar surface area (TPSA) is 38.3 Å². The maximum absolute atomic E-state index is 12.3. The molecule has 0 amide bonds. The number of carbonyl (C=O) groups excluding carboxylic acids is 1. The Morgan fingerprint density at radius 3 is 2.32 bits per heavy atom. The SMILES string of the molecule is COc1ccc(CCNC(C)C(=O)c2ccc(C)cc2)cc1. The third kappa shape index (κ3) is 4.43. The van der Waals surface area contributed by atoms with Crippen molar-refractivity contribution in [2.75, 3.05) is 13.7 Å². The first-order chi connectivity index (χ1) is 10.6. The summed E-state index contributed by atoms with van der Waals surface area (Å²) in [5.41, 5.74) is 3.15. The normalized spacial score (nSPS) is 12.0. The van der Waals surface area contributed by atoms with Crippen molar-refractivity contribution in [3.05, 3.63) is 65.2 Å². The van der Waals surface area contributed by atoms with Crippen LogP contribution < -0.4 is 10.1 Å². The molecule has 0 bridgehead atoms. The Kier molecular flexibility index (Phi) is 5.73. The van der Waals surface area contributed by atoms with Crippen LogP contribution in [-0.2, 0) is 6.42 Å². The summed E-state index contributed by atoms with van der Waals surface area (Å²) in [4.78, 5) is 12.3. The van der Waals surface area contributed by atoms with E-state index in [1.165, 1.54) is 5.56 Å². The van der Waals surface area contributed by atoms with E-state index in [1.54, 1.807) is 7.11 Å². The van der Waals surface area contributed by atoms with E-state index in [9.17, 15) is 4.79 Å². The molecule has 0 aliphatic rings. The lowest BCUT2D eigenvalue weighted by Crippen LogP contribution is -2.35. The number of hydrogen-bond donors (Lipinski definition) is 1. The molecule has 0 saturated carbocycles. The van der Waals surface area contributed by atoms with Crippen molar-refractivity contribution in [1.82, 2.24) is 5.32 Å². The first kappa shape index (κ1) is 16.2. The highest BCUT2D eigenvalue weighted by Gasteiger charge is 2.13. The van der Waals surface area contributed by atoms with Crippen LogP contribution in [0.1, 0.15) is 28.4 Å². The minimum atomic E-state index is -0.180. The summed E-state index contributed by atoms with van der Waals surface area (Å²) in [6.07, 6.45) is 0.884. The minimum absolute atomic E-state index is 0.134. The minimum Gasteiger partial charge on any atom is -0.497 e. The largest absolute Gasteiger partial charge is 0.497 e. The van der Waals surface area contributed by atoms with Gasteiger partial charge in [-0.3, -0.25) is 4.79 Å². The molecule has 1 unspecified atom stereocenters. The zero-order chi connectivity index (χ0) is 15.9. The fourth-order valence-electron chi connectivity index (χ4n) is 2.29. The number of carbonyl (C=O) groups is 1. The Hall–Kier alpha value is -2.13. The second-order valence-electron chi connectivity index (χ2n) is 5.50. The van der Waals surface area contributed by atoms with Gasteiger partial charge >= 0.3 is 0 Å². The Bertz CT molecular complexity index is 602. The molecule has 0 fully saturated rings. The first-order valence-corrected chi connectivity index (χ1v) is 7.57. The van der Waals surface area contributed by atoms with Crippen LogP contribution in [0, 0.1) is 6.92 Å². The maximum atomic E-state index is 12.3. The molecule has 116 valence electrons. The van der Waals surface area contributed by atoms with Crippen LogP contribution in [0.25, 0.3) is 0 Å². The Labute approximate surface area is 132 Å². The number of ketones is 1. The van der Waals surface area contributed by atoms with E-state index in [-0.39, 0.29) is 11.8 Å². The second kappa shape index (κ2) is 7.76. The van der Waals surface area contributed by atoms with Crippen LogP contribution in [0.3, 0.4) is 0 Å². The van der Waals surface area contributed by atoms with E-state index in [2.05, 4.69) is 5.32 Å². The van der Waals surface area contributed by atoms with Crippen molar-refractivity contribution in [3.63, 3.8) is 0 Å². The monoisotopic (exact) mass is 297 g/mol. The lowest BCUT2D eigenvalue weighted by atomic mass is 10.0. The zero-order valence-electron chi connectivity index (χ0n) is 13.4. The summed E-state index contributed by atoms with van der Waals surface area (Å²) in [5, 5.41) is 3.29. The smallest absolute Gasteiger partial charge is 0.179 e. The van der Waals surface area contributed by atoms with Crippen LogP contribution >= 0.6 is 0 Å². The van der Waals surface area contributed by atoms with Crippen molar-refractivity contribution in [3.8, 4) is 5.75 Å². The molecule has 0 aliphatic heterocycles. The lowest BCUT2D eigenvalue weighted by molar-refractivity contribution is 0.0951. The quantitative estimate of drug-likeness (QED) is 0.796. The van der Waals surface area contributed by atoms with Gasteiger partial charge in [0.05, 0.1) is 13.2 Å². The number of nitrogens with one attached hydrogen (secondary N) is 1. The summed E-state index contributed by atoms with van der Waals surface area (Å²) in [5.74, 6) is 0.995. The Morgan fingerprint density at radius 2 is 1.73 bits per heavy atom. The fourth-order valence-corrected chi connectivity index (χ4v) is 2.29. The van der Waals surface area contributed by atoms with Crippen molar-refractivity contribution in [1.29, 1.82) is 0 Å². The van der Waals surface area contributed by atoms with Crippen LogP contribution in [-0.4, -0.2) is 25.5 Å². The van der Waals surface area contributed by atoms with E-state index >= 15 is 0 Å². The van der Waals surface area contributed by atoms with E-state index in [0.717, 1.165) is 29.8 Å². The van der Waals surface area contributed by atoms with Gasteiger partial charge in [0.1, 0.15) is 5.75 Å². The summed E-state index contributed by atoms with van der Waals surface area (Å²) >= 11 is 0. The maximum Gasteiger partial charge on any atom is 0.179 e. The number of ether oxygens (including phenoxy) is 1. The molecule has 1 N–H and O–H groups in total. The first-order valence-electron chi connectivity index (χ1n) is 7.57. The Balaban J connectivity index is 1.82. The van der Waals surface area contributed by atoms with Gasteiger partial charge < -0.3 is 10.1 Å². The molecule has 2 rings (SSSR count). The van der Waals surface area contributed by atoms with Crippen LogP contribution in [0.4, 0.5) is 0 Å².